The van der Waals surface area contributed by atoms with E-state index in [1.165, 1.54) is 7.05 Å². The standard InChI is InChI=1S/C12H14ClN3O2S/c1-14-19(17,18)7-6-16-11-4-5-15-12-8-9(13)2-3-10(11)12/h2-5,8,14H,6-7H2,1H3,(H,15,16). The van der Waals surface area contributed by atoms with Crippen molar-refractivity contribution in [3.63, 3.8) is 0 Å². The summed E-state index contributed by atoms with van der Waals surface area (Å²) in [5, 5.41) is 4.63. The number of aromatic nitrogens is 1. The lowest BCUT2D eigenvalue weighted by Crippen LogP contribution is -2.26. The van der Waals surface area contributed by atoms with E-state index in [1.54, 1.807) is 18.3 Å². The van der Waals surface area contributed by atoms with Crippen LogP contribution in [0.15, 0.2) is 30.5 Å². The Morgan fingerprint density at radius 3 is 2.84 bits per heavy atom. The van der Waals surface area contributed by atoms with E-state index in [2.05, 4.69) is 15.0 Å². The van der Waals surface area contributed by atoms with Crippen LogP contribution in [-0.2, 0) is 10.0 Å². The highest BCUT2D eigenvalue weighted by Gasteiger charge is 2.07. The second-order valence-electron chi connectivity index (χ2n) is 3.97. The van der Waals surface area contributed by atoms with E-state index in [1.807, 2.05) is 12.1 Å². The lowest BCUT2D eigenvalue weighted by Gasteiger charge is -2.09. The highest BCUT2D eigenvalue weighted by molar-refractivity contribution is 7.89. The van der Waals surface area contributed by atoms with E-state index in [4.69, 9.17) is 11.6 Å². The van der Waals surface area contributed by atoms with Gasteiger partial charge in [0.1, 0.15) is 0 Å². The van der Waals surface area contributed by atoms with E-state index in [0.717, 1.165) is 16.6 Å². The van der Waals surface area contributed by atoms with Crippen LogP contribution in [0, 0.1) is 0 Å². The van der Waals surface area contributed by atoms with Gasteiger partial charge in [0, 0.05) is 28.8 Å². The predicted molar refractivity (Wildman–Crippen MR) is 78.1 cm³/mol. The number of hydrogen-bond donors (Lipinski definition) is 2. The van der Waals surface area contributed by atoms with E-state index in [9.17, 15) is 8.42 Å². The molecule has 0 aliphatic rings. The number of sulfonamides is 1. The summed E-state index contributed by atoms with van der Waals surface area (Å²) >= 11 is 5.91. The molecule has 0 fully saturated rings. The normalized spacial score (nSPS) is 11.7. The number of anilines is 1. The Morgan fingerprint density at radius 2 is 2.11 bits per heavy atom. The molecule has 0 atom stereocenters. The molecular formula is C12H14ClN3O2S. The number of nitrogens with one attached hydrogen (secondary N) is 2. The van der Waals surface area contributed by atoms with Crippen LogP contribution in [0.2, 0.25) is 5.02 Å². The van der Waals surface area contributed by atoms with Crippen molar-refractivity contribution in [2.75, 3.05) is 24.7 Å². The van der Waals surface area contributed by atoms with E-state index in [0.29, 0.717) is 11.6 Å². The van der Waals surface area contributed by atoms with Crippen LogP contribution in [0.3, 0.4) is 0 Å². The molecule has 2 aromatic rings. The number of rotatable bonds is 5. The fourth-order valence-electron chi connectivity index (χ4n) is 1.70. The third-order valence-electron chi connectivity index (χ3n) is 2.70. The average molecular weight is 300 g/mol. The van der Waals surface area contributed by atoms with E-state index < -0.39 is 10.0 Å². The minimum absolute atomic E-state index is 0.0148. The molecular weight excluding hydrogens is 286 g/mol. The van der Waals surface area contributed by atoms with Crippen LogP contribution < -0.4 is 10.0 Å². The summed E-state index contributed by atoms with van der Waals surface area (Å²) in [6.07, 6.45) is 1.66. The number of hydrogen-bond acceptors (Lipinski definition) is 4. The monoisotopic (exact) mass is 299 g/mol. The van der Waals surface area contributed by atoms with Gasteiger partial charge in [0.15, 0.2) is 0 Å². The summed E-state index contributed by atoms with van der Waals surface area (Å²) in [6.45, 7) is 0.324. The maximum atomic E-state index is 11.3. The summed E-state index contributed by atoms with van der Waals surface area (Å²) in [5.41, 5.74) is 1.61. The van der Waals surface area contributed by atoms with Gasteiger partial charge in [-0.2, -0.15) is 0 Å². The molecule has 7 heteroatoms. The lowest BCUT2D eigenvalue weighted by atomic mass is 10.2. The van der Waals surface area contributed by atoms with Crippen molar-refractivity contribution in [1.29, 1.82) is 0 Å². The summed E-state index contributed by atoms with van der Waals surface area (Å²) in [4.78, 5) is 4.22. The molecule has 0 radical (unpaired) electrons. The first-order chi connectivity index (χ1) is 9.02. The van der Waals surface area contributed by atoms with Crippen LogP contribution in [0.1, 0.15) is 0 Å². The van der Waals surface area contributed by atoms with Gasteiger partial charge in [0.05, 0.1) is 11.3 Å². The number of pyridine rings is 1. The van der Waals surface area contributed by atoms with Crippen LogP contribution in [0.25, 0.3) is 10.9 Å². The summed E-state index contributed by atoms with van der Waals surface area (Å²) in [6, 6.07) is 7.22. The second-order valence-corrected chi connectivity index (χ2v) is 6.45. The molecule has 0 aliphatic heterocycles. The zero-order chi connectivity index (χ0) is 13.9. The van der Waals surface area contributed by atoms with Gasteiger partial charge in [-0.1, -0.05) is 11.6 Å². The van der Waals surface area contributed by atoms with Gasteiger partial charge in [-0.05, 0) is 31.3 Å². The molecule has 1 aromatic carbocycles. The van der Waals surface area contributed by atoms with Crippen molar-refractivity contribution in [1.82, 2.24) is 9.71 Å². The molecule has 0 bridgehead atoms. The number of benzene rings is 1. The second kappa shape index (κ2) is 5.73. The topological polar surface area (TPSA) is 71.1 Å². The number of halogens is 1. The van der Waals surface area contributed by atoms with Gasteiger partial charge in [-0.3, -0.25) is 4.98 Å². The predicted octanol–water partition coefficient (Wildman–Crippen LogP) is 1.85. The molecule has 0 saturated heterocycles. The Labute approximate surface area is 117 Å². The maximum Gasteiger partial charge on any atom is 0.213 e. The molecule has 1 aromatic heterocycles. The van der Waals surface area contributed by atoms with Crippen molar-refractivity contribution in [3.05, 3.63) is 35.5 Å². The largest absolute Gasteiger partial charge is 0.383 e. The Bertz CT molecular complexity index is 688. The first-order valence-electron chi connectivity index (χ1n) is 5.71. The number of nitrogens with zero attached hydrogens (tertiary/aromatic N) is 1. The first kappa shape index (κ1) is 14.0. The van der Waals surface area contributed by atoms with Crippen molar-refractivity contribution in [3.8, 4) is 0 Å². The molecule has 0 unspecified atom stereocenters. The van der Waals surface area contributed by atoms with Gasteiger partial charge in [-0.25, -0.2) is 13.1 Å². The average Bonchev–Trinajstić information content (AvgIpc) is 2.38. The molecule has 1 heterocycles. The van der Waals surface area contributed by atoms with Gasteiger partial charge in [0.25, 0.3) is 0 Å². The van der Waals surface area contributed by atoms with Gasteiger partial charge in [0.2, 0.25) is 10.0 Å². The Morgan fingerprint density at radius 1 is 1.32 bits per heavy atom. The molecule has 102 valence electrons. The molecule has 19 heavy (non-hydrogen) atoms. The highest BCUT2D eigenvalue weighted by atomic mass is 35.5. The molecule has 0 saturated carbocycles. The minimum atomic E-state index is -3.20. The van der Waals surface area contributed by atoms with Crippen molar-refractivity contribution < 1.29 is 8.42 Å². The molecule has 0 spiro atoms. The lowest BCUT2D eigenvalue weighted by molar-refractivity contribution is 0.588. The summed E-state index contributed by atoms with van der Waals surface area (Å²) in [5.74, 6) is 0.0148. The van der Waals surface area contributed by atoms with Crippen molar-refractivity contribution >= 4 is 38.2 Å². The molecule has 0 aliphatic carbocycles. The minimum Gasteiger partial charge on any atom is -0.383 e. The quantitative estimate of drug-likeness (QED) is 0.884. The van der Waals surface area contributed by atoms with E-state index in [-0.39, 0.29) is 5.75 Å². The van der Waals surface area contributed by atoms with Crippen molar-refractivity contribution in [2.24, 2.45) is 0 Å². The fraction of sp³-hybridized carbons (Fsp3) is 0.250. The van der Waals surface area contributed by atoms with Crippen LogP contribution in [0.4, 0.5) is 5.69 Å². The van der Waals surface area contributed by atoms with Crippen LogP contribution >= 0.6 is 11.6 Å². The third kappa shape index (κ3) is 3.56. The Hall–Kier alpha value is -1.37. The van der Waals surface area contributed by atoms with Crippen LogP contribution in [-0.4, -0.2) is 32.7 Å². The summed E-state index contributed by atoms with van der Waals surface area (Å²) in [7, 11) is -1.80. The summed E-state index contributed by atoms with van der Waals surface area (Å²) < 4.78 is 24.9. The number of fused-ring (bicyclic) bond motifs is 1. The zero-order valence-electron chi connectivity index (χ0n) is 10.4. The fourth-order valence-corrected chi connectivity index (χ4v) is 2.44. The SMILES string of the molecule is CNS(=O)(=O)CCNc1ccnc2cc(Cl)ccc12. The third-order valence-corrected chi connectivity index (χ3v) is 4.30. The van der Waals surface area contributed by atoms with Crippen molar-refractivity contribution in [2.45, 2.75) is 0 Å². The van der Waals surface area contributed by atoms with Crippen LogP contribution in [0.5, 0.6) is 0 Å². The maximum absolute atomic E-state index is 11.3. The smallest absolute Gasteiger partial charge is 0.213 e. The van der Waals surface area contributed by atoms with E-state index >= 15 is 0 Å². The zero-order valence-corrected chi connectivity index (χ0v) is 11.9. The van der Waals surface area contributed by atoms with Gasteiger partial charge < -0.3 is 5.32 Å². The van der Waals surface area contributed by atoms with Gasteiger partial charge >= 0.3 is 0 Å². The van der Waals surface area contributed by atoms with Gasteiger partial charge in [-0.15, -0.1) is 0 Å². The molecule has 2 rings (SSSR count). The Kier molecular flexibility index (Phi) is 4.24. The molecule has 2 N–H and O–H groups in total. The molecule has 5 nitrogen and oxygen atoms in total. The highest BCUT2D eigenvalue weighted by Crippen LogP contribution is 2.24. The Balaban J connectivity index is 2.17. The first-order valence-corrected chi connectivity index (χ1v) is 7.74. The molecule has 0 amide bonds.